The van der Waals surface area contributed by atoms with Gasteiger partial charge in [-0.25, -0.2) is 15.0 Å². The quantitative estimate of drug-likeness (QED) is 0.161. The first-order valence-corrected chi connectivity index (χ1v) is 20.8. The fourth-order valence-electron chi connectivity index (χ4n) is 8.90. The van der Waals surface area contributed by atoms with Crippen molar-refractivity contribution in [3.8, 4) is 78.7 Å². The molecule has 9 aromatic carbocycles. The molecule has 0 saturated carbocycles. The van der Waals surface area contributed by atoms with Crippen molar-refractivity contribution >= 4 is 43.9 Å². The Morgan fingerprint density at radius 1 is 0.226 bits per heavy atom. The highest BCUT2D eigenvalue weighted by molar-refractivity contribution is 6.20. The fraction of sp³-hybridized carbons (Fsp3) is 0. The average molecular weight is 794 g/mol. The minimum Gasteiger partial charge on any atom is -0.455 e. The third kappa shape index (κ3) is 5.90. The number of rotatable bonds is 7. The summed E-state index contributed by atoms with van der Waals surface area (Å²) >= 11 is 0. The summed E-state index contributed by atoms with van der Waals surface area (Å²) in [4.78, 5) is 15.7. The van der Waals surface area contributed by atoms with Crippen LogP contribution in [0.2, 0.25) is 0 Å². The summed E-state index contributed by atoms with van der Waals surface area (Å²) in [6, 6.07) is 73.1. The van der Waals surface area contributed by atoms with E-state index >= 15 is 0 Å². The summed E-state index contributed by atoms with van der Waals surface area (Å²) in [6.45, 7) is 0. The van der Waals surface area contributed by atoms with E-state index in [0.29, 0.717) is 28.6 Å². The van der Waals surface area contributed by atoms with Crippen molar-refractivity contribution in [2.24, 2.45) is 0 Å². The lowest BCUT2D eigenvalue weighted by Gasteiger charge is -2.09. The number of para-hydroxylation sites is 2. The van der Waals surface area contributed by atoms with Crippen LogP contribution in [-0.2, 0) is 0 Å². The number of nitrogens with zero attached hydrogens (tertiary/aromatic N) is 3. The number of furan rings is 2. The van der Waals surface area contributed by atoms with Gasteiger partial charge in [-0.05, 0) is 57.6 Å². The molecule has 0 fully saturated rings. The molecule has 12 aromatic rings. The molecule has 0 amide bonds. The molecule has 12 rings (SSSR count). The Morgan fingerprint density at radius 3 is 0.935 bits per heavy atom. The third-order valence-corrected chi connectivity index (χ3v) is 11.8. The van der Waals surface area contributed by atoms with E-state index in [1.165, 1.54) is 0 Å². The molecule has 0 radical (unpaired) electrons. The van der Waals surface area contributed by atoms with Crippen LogP contribution < -0.4 is 0 Å². The molecule has 0 aliphatic heterocycles. The van der Waals surface area contributed by atoms with Crippen LogP contribution in [0.1, 0.15) is 0 Å². The summed E-state index contributed by atoms with van der Waals surface area (Å²) in [5.74, 6) is 1.56. The zero-order valence-corrected chi connectivity index (χ0v) is 33.4. The van der Waals surface area contributed by atoms with Crippen molar-refractivity contribution in [3.63, 3.8) is 0 Å². The van der Waals surface area contributed by atoms with Gasteiger partial charge in [0.2, 0.25) is 0 Å². The third-order valence-electron chi connectivity index (χ3n) is 11.8. The Morgan fingerprint density at radius 2 is 0.548 bits per heavy atom. The summed E-state index contributed by atoms with van der Waals surface area (Å²) < 4.78 is 14.2. The van der Waals surface area contributed by atoms with Crippen LogP contribution in [0.4, 0.5) is 0 Å². The highest BCUT2D eigenvalue weighted by atomic mass is 16.3. The second-order valence-corrected chi connectivity index (χ2v) is 15.4. The molecule has 290 valence electrons. The first-order valence-electron chi connectivity index (χ1n) is 20.8. The van der Waals surface area contributed by atoms with Crippen LogP contribution in [-0.4, -0.2) is 15.0 Å². The van der Waals surface area contributed by atoms with Crippen LogP contribution in [0.25, 0.3) is 123 Å². The van der Waals surface area contributed by atoms with E-state index in [4.69, 9.17) is 23.8 Å². The van der Waals surface area contributed by atoms with Gasteiger partial charge >= 0.3 is 0 Å². The van der Waals surface area contributed by atoms with Gasteiger partial charge in [-0.15, -0.1) is 0 Å². The summed E-state index contributed by atoms with van der Waals surface area (Å²) in [7, 11) is 0. The maximum absolute atomic E-state index is 7.08. The Balaban J connectivity index is 1.13. The van der Waals surface area contributed by atoms with E-state index in [1.807, 2.05) is 66.7 Å². The highest BCUT2D eigenvalue weighted by Gasteiger charge is 2.24. The van der Waals surface area contributed by atoms with Crippen molar-refractivity contribution in [3.05, 3.63) is 212 Å². The number of hydrogen-bond acceptors (Lipinski definition) is 5. The van der Waals surface area contributed by atoms with Crippen LogP contribution in [0.15, 0.2) is 221 Å². The number of benzene rings is 9. The largest absolute Gasteiger partial charge is 0.455 e. The second-order valence-electron chi connectivity index (χ2n) is 15.4. The van der Waals surface area contributed by atoms with Crippen LogP contribution in [0.5, 0.6) is 0 Å². The molecule has 0 aliphatic rings. The smallest absolute Gasteiger partial charge is 0.167 e. The summed E-state index contributed by atoms with van der Waals surface area (Å²) in [5, 5.41) is 4.06. The molecule has 0 unspecified atom stereocenters. The highest BCUT2D eigenvalue weighted by Crippen LogP contribution is 2.46. The van der Waals surface area contributed by atoms with Gasteiger partial charge in [-0.3, -0.25) is 0 Å². The lowest BCUT2D eigenvalue weighted by atomic mass is 9.94. The molecule has 3 heterocycles. The fourth-order valence-corrected chi connectivity index (χ4v) is 8.90. The van der Waals surface area contributed by atoms with Crippen LogP contribution in [0.3, 0.4) is 0 Å². The first-order chi connectivity index (χ1) is 30.8. The van der Waals surface area contributed by atoms with Gasteiger partial charge in [0.25, 0.3) is 0 Å². The van der Waals surface area contributed by atoms with Gasteiger partial charge in [0, 0.05) is 38.2 Å². The summed E-state index contributed by atoms with van der Waals surface area (Å²) in [6.07, 6.45) is 0. The molecule has 5 nitrogen and oxygen atoms in total. The van der Waals surface area contributed by atoms with Crippen molar-refractivity contribution < 1.29 is 8.83 Å². The predicted octanol–water partition coefficient (Wildman–Crippen LogP) is 15.3. The average Bonchev–Trinajstić information content (AvgIpc) is 3.95. The molecule has 0 N–H and O–H groups in total. The molecular weight excluding hydrogens is 759 g/mol. The Bertz CT molecular complexity index is 3380. The van der Waals surface area contributed by atoms with Gasteiger partial charge in [-0.1, -0.05) is 188 Å². The van der Waals surface area contributed by atoms with Crippen molar-refractivity contribution in [1.82, 2.24) is 15.0 Å². The standard InChI is InChI=1S/C57H35N3O2/c1-6-18-36(19-7-1)41-32-34-43(38-22-10-3-11-23-38)53-49(41)45-28-16-30-47(51(45)61-53)56-58-55(40-26-14-5-15-27-40)59-57(60-56)48-31-17-29-46-50-42(37-20-8-2-9-21-37)33-35-44(54(50)62-52(46)48)39-24-12-4-13-25-39/h1-35H. The molecule has 3 aromatic heterocycles. The normalized spacial score (nSPS) is 11.5. The number of fused-ring (bicyclic) bond motifs is 6. The molecule has 5 heteroatoms. The van der Waals surface area contributed by atoms with E-state index < -0.39 is 0 Å². The second kappa shape index (κ2) is 14.7. The lowest BCUT2D eigenvalue weighted by molar-refractivity contribution is 0.670. The zero-order chi connectivity index (χ0) is 41.0. The van der Waals surface area contributed by atoms with Gasteiger partial charge in [0.05, 0.1) is 11.1 Å². The van der Waals surface area contributed by atoms with Crippen molar-refractivity contribution in [2.75, 3.05) is 0 Å². The van der Waals surface area contributed by atoms with E-state index in [0.717, 1.165) is 93.9 Å². The minimum absolute atomic E-state index is 0.504. The number of aromatic nitrogens is 3. The molecule has 0 aliphatic carbocycles. The van der Waals surface area contributed by atoms with Crippen LogP contribution >= 0.6 is 0 Å². The van der Waals surface area contributed by atoms with Gasteiger partial charge in [-0.2, -0.15) is 0 Å². The molecular formula is C57H35N3O2. The first kappa shape index (κ1) is 35.5. The number of hydrogen-bond donors (Lipinski definition) is 0. The Hall–Kier alpha value is -8.41. The monoisotopic (exact) mass is 793 g/mol. The van der Waals surface area contributed by atoms with E-state index in [2.05, 4.69) is 146 Å². The predicted molar refractivity (Wildman–Crippen MR) is 252 cm³/mol. The van der Waals surface area contributed by atoms with E-state index in [-0.39, 0.29) is 0 Å². The molecule has 0 saturated heterocycles. The maximum atomic E-state index is 7.08. The lowest BCUT2D eigenvalue weighted by Crippen LogP contribution is -2.00. The zero-order valence-electron chi connectivity index (χ0n) is 33.4. The molecule has 0 bridgehead atoms. The molecule has 62 heavy (non-hydrogen) atoms. The van der Waals surface area contributed by atoms with E-state index in [1.54, 1.807) is 0 Å². The van der Waals surface area contributed by atoms with Crippen LogP contribution in [0, 0.1) is 0 Å². The Kier molecular flexibility index (Phi) is 8.42. The minimum atomic E-state index is 0.504. The van der Waals surface area contributed by atoms with Crippen molar-refractivity contribution in [1.29, 1.82) is 0 Å². The van der Waals surface area contributed by atoms with Gasteiger partial charge in [0.1, 0.15) is 22.3 Å². The van der Waals surface area contributed by atoms with E-state index in [9.17, 15) is 0 Å². The maximum Gasteiger partial charge on any atom is 0.167 e. The Labute approximate surface area is 357 Å². The van der Waals surface area contributed by atoms with Gasteiger partial charge in [0.15, 0.2) is 17.5 Å². The molecule has 0 spiro atoms. The van der Waals surface area contributed by atoms with Gasteiger partial charge < -0.3 is 8.83 Å². The SMILES string of the molecule is c1ccc(-c2nc(-c3cccc4c3oc3c(-c5ccccc5)ccc(-c5ccccc5)c34)nc(-c3cccc4c3oc3c(-c5ccccc5)ccc(-c5ccccc5)c34)n2)cc1. The molecule has 0 atom stereocenters. The summed E-state index contributed by atoms with van der Waals surface area (Å²) in [5.41, 5.74) is 14.1. The topological polar surface area (TPSA) is 65.0 Å². The van der Waals surface area contributed by atoms with Crippen molar-refractivity contribution in [2.45, 2.75) is 0 Å².